The zero-order valence-corrected chi connectivity index (χ0v) is 24.9. The average Bonchev–Trinajstić information content (AvgIpc) is 2.75. The third kappa shape index (κ3) is 11.8. The number of rotatable bonds is 16. The van der Waals surface area contributed by atoms with E-state index in [0.717, 1.165) is 0 Å². The van der Waals surface area contributed by atoms with Crippen molar-refractivity contribution < 1.29 is 2.85 Å². The molecule has 0 saturated carbocycles. The van der Waals surface area contributed by atoms with Crippen LogP contribution in [0.3, 0.4) is 0 Å². The maximum absolute atomic E-state index is 2.34. The van der Waals surface area contributed by atoms with Crippen molar-refractivity contribution >= 4 is 60.6 Å². The molecule has 0 aliphatic carbocycles. The summed E-state index contributed by atoms with van der Waals surface area (Å²) in [6.45, 7) is 4.58. The Morgan fingerprint density at radius 1 is 0.533 bits per heavy atom. The first kappa shape index (κ1) is 28.4. The third-order valence-corrected chi connectivity index (χ3v) is 7.00. The van der Waals surface area contributed by atoms with Crippen LogP contribution in [-0.2, 0) is 12.8 Å². The van der Waals surface area contributed by atoms with Crippen LogP contribution in [0.15, 0.2) is 58.3 Å². The van der Waals surface area contributed by atoms with Crippen LogP contribution in [0.2, 0.25) is 0 Å². The van der Waals surface area contributed by atoms with Gasteiger partial charge in [-0.25, -0.2) is 0 Å². The second-order valence-electron chi connectivity index (χ2n) is 8.35. The van der Waals surface area contributed by atoms with E-state index in [2.05, 4.69) is 62.4 Å². The molecule has 30 heavy (non-hydrogen) atoms. The first-order valence-corrected chi connectivity index (χ1v) is 13.0. The maximum atomic E-state index is 2.34. The van der Waals surface area contributed by atoms with Crippen molar-refractivity contribution in [3.05, 3.63) is 59.7 Å². The normalized spacial score (nSPS) is 10.7. The minimum atomic E-state index is 0. The first-order chi connectivity index (χ1) is 14.3. The molecule has 0 atom stereocenters. The molecule has 2 aromatic rings. The molecular weight excluding hydrogens is 506 g/mol. The van der Waals surface area contributed by atoms with Gasteiger partial charge in [0.25, 0.3) is 0 Å². The van der Waals surface area contributed by atoms with Crippen LogP contribution in [0.25, 0.3) is 0 Å². The molecule has 0 fully saturated rings. The van der Waals surface area contributed by atoms with E-state index in [4.69, 9.17) is 0 Å². The molecule has 0 N–H and O–H groups in total. The summed E-state index contributed by atoms with van der Waals surface area (Å²) in [5.41, 5.74) is 3.06. The Morgan fingerprint density at radius 2 is 0.900 bits per heavy atom. The number of hydrogen-bond acceptors (Lipinski definition) is 1. The molecule has 0 unspecified atom stereocenters. The van der Waals surface area contributed by atoms with E-state index in [1.807, 2.05) is 11.8 Å². The van der Waals surface area contributed by atoms with Crippen LogP contribution in [0, 0.1) is 0 Å². The summed E-state index contributed by atoms with van der Waals surface area (Å²) in [7, 11) is 0. The van der Waals surface area contributed by atoms with E-state index in [0.29, 0.717) is 0 Å². The molecule has 2 aromatic carbocycles. The van der Waals surface area contributed by atoms with Crippen molar-refractivity contribution in [3.8, 4) is 0 Å². The summed E-state index contributed by atoms with van der Waals surface area (Å²) >= 11 is 1.98. The maximum Gasteiger partial charge on any atom is 2.00 e. The van der Waals surface area contributed by atoms with E-state index in [-0.39, 0.29) is 51.7 Å². The molecule has 0 aliphatic heterocycles. The predicted octanol–water partition coefficient (Wildman–Crippen LogP) is 9.49. The summed E-state index contributed by atoms with van der Waals surface area (Å²) in [6, 6.07) is 18.1. The first-order valence-electron chi connectivity index (χ1n) is 12.2. The molecule has 0 amide bonds. The fourth-order valence-corrected chi connectivity index (χ4v) is 5.06. The van der Waals surface area contributed by atoms with Gasteiger partial charge in [-0.2, -0.15) is 0 Å². The van der Waals surface area contributed by atoms with E-state index < -0.39 is 0 Å². The van der Waals surface area contributed by atoms with E-state index in [9.17, 15) is 0 Å². The summed E-state index contributed by atoms with van der Waals surface area (Å²) < 4.78 is 0. The van der Waals surface area contributed by atoms with Crippen molar-refractivity contribution in [3.63, 3.8) is 0 Å². The molecular formula is C28H44BaS. The monoisotopic (exact) mass is 550 g/mol. The van der Waals surface area contributed by atoms with Gasteiger partial charge in [-0.1, -0.05) is 126 Å². The molecule has 0 nitrogen and oxygen atoms in total. The van der Waals surface area contributed by atoms with Crippen LogP contribution in [-0.4, -0.2) is 48.9 Å². The van der Waals surface area contributed by atoms with Gasteiger partial charge < -0.3 is 2.85 Å². The fraction of sp³-hybridized carbons (Fsp3) is 0.571. The third-order valence-electron chi connectivity index (χ3n) is 5.76. The average molecular weight is 550 g/mol. The molecule has 0 aromatic heterocycles. The molecule has 0 spiro atoms. The van der Waals surface area contributed by atoms with Crippen molar-refractivity contribution in [1.82, 2.24) is 0 Å². The zero-order valence-electron chi connectivity index (χ0n) is 21.6. The van der Waals surface area contributed by atoms with Gasteiger partial charge in [0, 0.05) is 9.79 Å². The van der Waals surface area contributed by atoms with Gasteiger partial charge >= 0.3 is 48.9 Å². The molecule has 0 aliphatic rings. The van der Waals surface area contributed by atoms with E-state index >= 15 is 0 Å². The second kappa shape index (κ2) is 18.9. The minimum Gasteiger partial charge on any atom is -1.00 e. The van der Waals surface area contributed by atoms with Crippen LogP contribution < -0.4 is 0 Å². The Labute approximate surface area is 234 Å². The van der Waals surface area contributed by atoms with Crippen LogP contribution in [0.5, 0.6) is 0 Å². The van der Waals surface area contributed by atoms with Gasteiger partial charge in [0.2, 0.25) is 0 Å². The van der Waals surface area contributed by atoms with Gasteiger partial charge in [0.15, 0.2) is 0 Å². The number of hydrogen-bond donors (Lipinski definition) is 0. The SMILES string of the molecule is CCCCCCCCc1ccccc1Sc1ccccc1CCCCCCCC.[Ba+2].[H-].[H-]. The van der Waals surface area contributed by atoms with Gasteiger partial charge in [-0.3, -0.25) is 0 Å². The summed E-state index contributed by atoms with van der Waals surface area (Å²) in [5.74, 6) is 0. The molecule has 2 heteroatoms. The van der Waals surface area contributed by atoms with Crippen molar-refractivity contribution in [1.29, 1.82) is 0 Å². The Balaban J connectivity index is 0. The Morgan fingerprint density at radius 3 is 1.33 bits per heavy atom. The fourth-order valence-electron chi connectivity index (χ4n) is 3.93. The van der Waals surface area contributed by atoms with Gasteiger partial charge in [0.1, 0.15) is 0 Å². The largest absolute Gasteiger partial charge is 2.00 e. The van der Waals surface area contributed by atoms with Crippen LogP contribution >= 0.6 is 11.8 Å². The topological polar surface area (TPSA) is 0 Å². The van der Waals surface area contributed by atoms with Gasteiger partial charge in [0.05, 0.1) is 0 Å². The molecule has 164 valence electrons. The molecule has 2 rings (SSSR count). The second-order valence-corrected chi connectivity index (χ2v) is 9.44. The molecule has 0 saturated heterocycles. The molecule has 0 bridgehead atoms. The Kier molecular flexibility index (Phi) is 17.9. The number of aryl methyl sites for hydroxylation is 2. The summed E-state index contributed by atoms with van der Waals surface area (Å²) in [5, 5.41) is 0. The zero-order chi connectivity index (χ0) is 20.6. The van der Waals surface area contributed by atoms with E-state index in [1.54, 1.807) is 0 Å². The quantitative estimate of drug-likeness (QED) is 0.148. The smallest absolute Gasteiger partial charge is 1.00 e. The van der Waals surface area contributed by atoms with Gasteiger partial charge in [-0.15, -0.1) is 0 Å². The Bertz CT molecular complexity index is 620. The van der Waals surface area contributed by atoms with Gasteiger partial charge in [-0.05, 0) is 48.9 Å². The number of benzene rings is 2. The standard InChI is InChI=1S/C28H42S.Ba.2H/c1-3-5-7-9-11-13-19-25-21-15-17-23-27(25)29-28-24-18-16-22-26(28)20-14-12-10-8-6-4-2;;;/h15-18,21-24H,3-14,19-20H2,1-2H3;;;/q;+2;2*-1. The number of unbranched alkanes of at least 4 members (excludes halogenated alkanes) is 10. The van der Waals surface area contributed by atoms with Crippen molar-refractivity contribution in [2.45, 2.75) is 114 Å². The van der Waals surface area contributed by atoms with Crippen LogP contribution in [0.1, 0.15) is 105 Å². The van der Waals surface area contributed by atoms with E-state index in [1.165, 1.54) is 111 Å². The van der Waals surface area contributed by atoms with Crippen molar-refractivity contribution in [2.75, 3.05) is 0 Å². The van der Waals surface area contributed by atoms with Crippen LogP contribution in [0.4, 0.5) is 0 Å². The summed E-state index contributed by atoms with van der Waals surface area (Å²) in [6.07, 6.45) is 18.8. The van der Waals surface area contributed by atoms with Crippen molar-refractivity contribution in [2.24, 2.45) is 0 Å². The Hall–Kier alpha value is 0.361. The summed E-state index contributed by atoms with van der Waals surface area (Å²) in [4.78, 5) is 2.91. The molecule has 0 radical (unpaired) electrons. The molecule has 0 heterocycles. The predicted molar refractivity (Wildman–Crippen MR) is 139 cm³/mol. The minimum absolute atomic E-state index is 0.